The fraction of sp³-hybridized carbons (Fsp3) is 0.429. The standard InChI is InChI=1S/C7H12N4O.ClH/c1-9-7(12)6(8)2-5-3-10-4-11-5;/h3-4,6H,2,8H2,1H3,(H,9,12)(H,10,11);1H. The highest BCUT2D eigenvalue weighted by Gasteiger charge is 2.12. The number of imidazole rings is 1. The summed E-state index contributed by atoms with van der Waals surface area (Å²) in [5, 5.41) is 2.48. The van der Waals surface area contributed by atoms with Gasteiger partial charge in [-0.2, -0.15) is 0 Å². The van der Waals surface area contributed by atoms with Crippen LogP contribution in [0, 0.1) is 0 Å². The maximum absolute atomic E-state index is 11.0. The van der Waals surface area contributed by atoms with Crippen LogP contribution in [0.15, 0.2) is 12.5 Å². The Hall–Kier alpha value is -1.07. The first-order valence-electron chi connectivity index (χ1n) is 3.68. The average Bonchev–Trinajstić information content (AvgIpc) is 2.55. The Morgan fingerprint density at radius 2 is 2.54 bits per heavy atom. The molecule has 0 fully saturated rings. The van der Waals surface area contributed by atoms with Crippen LogP contribution >= 0.6 is 12.4 Å². The Balaban J connectivity index is 0.00000144. The predicted molar refractivity (Wildman–Crippen MR) is 51.6 cm³/mol. The van der Waals surface area contributed by atoms with Crippen molar-refractivity contribution in [3.63, 3.8) is 0 Å². The Labute approximate surface area is 82.5 Å². The molecule has 1 aromatic rings. The van der Waals surface area contributed by atoms with Gasteiger partial charge in [0.25, 0.3) is 0 Å². The quantitative estimate of drug-likeness (QED) is 0.618. The molecule has 1 unspecified atom stereocenters. The second-order valence-electron chi connectivity index (χ2n) is 2.50. The van der Waals surface area contributed by atoms with Crippen molar-refractivity contribution in [2.45, 2.75) is 12.5 Å². The van der Waals surface area contributed by atoms with Crippen LogP contribution in [0.1, 0.15) is 5.69 Å². The number of nitrogens with two attached hydrogens (primary N) is 1. The minimum Gasteiger partial charge on any atom is -0.358 e. The highest BCUT2D eigenvalue weighted by atomic mass is 35.5. The van der Waals surface area contributed by atoms with E-state index in [0.29, 0.717) is 6.42 Å². The van der Waals surface area contributed by atoms with E-state index in [0.717, 1.165) is 5.69 Å². The number of hydrogen-bond donors (Lipinski definition) is 3. The Kier molecular flexibility index (Phi) is 5.10. The number of likely N-dealkylation sites (N-methyl/N-ethyl adjacent to an activating group) is 1. The van der Waals surface area contributed by atoms with Crippen LogP contribution in [0.5, 0.6) is 0 Å². The normalized spacial score (nSPS) is 11.5. The van der Waals surface area contributed by atoms with E-state index < -0.39 is 6.04 Å². The van der Waals surface area contributed by atoms with Crippen molar-refractivity contribution in [1.29, 1.82) is 0 Å². The van der Waals surface area contributed by atoms with Crippen LogP contribution in [0.2, 0.25) is 0 Å². The number of carbonyl (C=O) groups excluding carboxylic acids is 1. The van der Waals surface area contributed by atoms with Crippen molar-refractivity contribution in [3.05, 3.63) is 18.2 Å². The minimum atomic E-state index is -0.504. The minimum absolute atomic E-state index is 0. The predicted octanol–water partition coefficient (Wildman–Crippen LogP) is -0.553. The smallest absolute Gasteiger partial charge is 0.237 e. The molecule has 0 spiro atoms. The fourth-order valence-electron chi connectivity index (χ4n) is 0.911. The number of aromatic amines is 1. The van der Waals surface area contributed by atoms with Crippen LogP contribution in [-0.4, -0.2) is 29.0 Å². The molecule has 0 aromatic carbocycles. The Morgan fingerprint density at radius 1 is 1.85 bits per heavy atom. The van der Waals surface area contributed by atoms with Crippen LogP contribution in [0.4, 0.5) is 0 Å². The van der Waals surface area contributed by atoms with E-state index in [4.69, 9.17) is 5.73 Å². The lowest BCUT2D eigenvalue weighted by molar-refractivity contribution is -0.121. The number of halogens is 1. The number of hydrogen-bond acceptors (Lipinski definition) is 3. The van der Waals surface area contributed by atoms with E-state index in [-0.39, 0.29) is 18.3 Å². The molecule has 74 valence electrons. The van der Waals surface area contributed by atoms with Crippen LogP contribution < -0.4 is 11.1 Å². The number of H-pyrrole nitrogens is 1. The molecular formula is C7H13ClN4O. The lowest BCUT2D eigenvalue weighted by Gasteiger charge is -2.07. The van der Waals surface area contributed by atoms with Crippen molar-refractivity contribution in [3.8, 4) is 0 Å². The molecule has 0 saturated heterocycles. The van der Waals surface area contributed by atoms with Gasteiger partial charge in [0.05, 0.1) is 12.4 Å². The molecule has 13 heavy (non-hydrogen) atoms. The van der Waals surface area contributed by atoms with E-state index in [9.17, 15) is 4.79 Å². The van der Waals surface area contributed by atoms with Crippen molar-refractivity contribution in [2.24, 2.45) is 5.73 Å². The molecule has 0 radical (unpaired) electrons. The largest absolute Gasteiger partial charge is 0.358 e. The molecule has 5 nitrogen and oxygen atoms in total. The van der Waals surface area contributed by atoms with E-state index in [1.54, 1.807) is 19.6 Å². The molecule has 1 atom stereocenters. The van der Waals surface area contributed by atoms with Gasteiger partial charge in [-0.15, -0.1) is 12.4 Å². The lowest BCUT2D eigenvalue weighted by atomic mass is 10.2. The third-order valence-electron chi connectivity index (χ3n) is 1.58. The van der Waals surface area contributed by atoms with Gasteiger partial charge in [-0.3, -0.25) is 4.79 Å². The molecule has 0 aliphatic heterocycles. The van der Waals surface area contributed by atoms with Gasteiger partial charge in [-0.25, -0.2) is 4.98 Å². The zero-order valence-corrected chi connectivity index (χ0v) is 8.10. The summed E-state index contributed by atoms with van der Waals surface area (Å²) >= 11 is 0. The van der Waals surface area contributed by atoms with Gasteiger partial charge in [0.15, 0.2) is 0 Å². The number of amides is 1. The monoisotopic (exact) mass is 204 g/mol. The summed E-state index contributed by atoms with van der Waals surface area (Å²) in [4.78, 5) is 17.7. The summed E-state index contributed by atoms with van der Waals surface area (Å²) in [5.74, 6) is -0.162. The molecule has 1 aromatic heterocycles. The van der Waals surface area contributed by atoms with E-state index in [2.05, 4.69) is 15.3 Å². The summed E-state index contributed by atoms with van der Waals surface area (Å²) in [6, 6.07) is -0.504. The Bertz CT molecular complexity index is 249. The summed E-state index contributed by atoms with van der Waals surface area (Å²) in [7, 11) is 1.56. The number of nitrogens with one attached hydrogen (secondary N) is 2. The van der Waals surface area contributed by atoms with Gasteiger partial charge in [0, 0.05) is 25.4 Å². The third-order valence-corrected chi connectivity index (χ3v) is 1.58. The molecule has 0 saturated carbocycles. The highest BCUT2D eigenvalue weighted by Crippen LogP contribution is 1.95. The van der Waals surface area contributed by atoms with Gasteiger partial charge in [0.2, 0.25) is 5.91 Å². The second kappa shape index (κ2) is 5.55. The van der Waals surface area contributed by atoms with Gasteiger partial charge in [-0.05, 0) is 0 Å². The van der Waals surface area contributed by atoms with Gasteiger partial charge < -0.3 is 16.0 Å². The van der Waals surface area contributed by atoms with Crippen molar-refractivity contribution in [1.82, 2.24) is 15.3 Å². The molecule has 0 aliphatic carbocycles. The van der Waals surface area contributed by atoms with Crippen molar-refractivity contribution >= 4 is 18.3 Å². The van der Waals surface area contributed by atoms with Gasteiger partial charge >= 0.3 is 0 Å². The first-order valence-corrected chi connectivity index (χ1v) is 3.68. The maximum Gasteiger partial charge on any atom is 0.237 e. The Morgan fingerprint density at radius 3 is 3.00 bits per heavy atom. The zero-order chi connectivity index (χ0) is 8.97. The second-order valence-corrected chi connectivity index (χ2v) is 2.50. The molecular weight excluding hydrogens is 192 g/mol. The van der Waals surface area contributed by atoms with Gasteiger partial charge in [-0.1, -0.05) is 0 Å². The summed E-state index contributed by atoms with van der Waals surface area (Å²) < 4.78 is 0. The fourth-order valence-corrected chi connectivity index (χ4v) is 0.911. The molecule has 4 N–H and O–H groups in total. The molecule has 1 amide bonds. The van der Waals surface area contributed by atoms with Gasteiger partial charge in [0.1, 0.15) is 0 Å². The first kappa shape index (κ1) is 11.9. The molecule has 6 heteroatoms. The zero-order valence-electron chi connectivity index (χ0n) is 7.28. The number of nitrogens with zero attached hydrogens (tertiary/aromatic N) is 1. The third kappa shape index (κ3) is 3.43. The number of aromatic nitrogens is 2. The van der Waals surface area contributed by atoms with Crippen molar-refractivity contribution < 1.29 is 4.79 Å². The van der Waals surface area contributed by atoms with Crippen molar-refractivity contribution in [2.75, 3.05) is 7.05 Å². The maximum atomic E-state index is 11.0. The molecule has 0 aliphatic rings. The molecule has 1 heterocycles. The van der Waals surface area contributed by atoms with E-state index >= 15 is 0 Å². The average molecular weight is 205 g/mol. The van der Waals surface area contributed by atoms with Crippen LogP contribution in [-0.2, 0) is 11.2 Å². The number of carbonyl (C=O) groups is 1. The molecule has 1 rings (SSSR count). The summed E-state index contributed by atoms with van der Waals surface area (Å²) in [5.41, 5.74) is 6.43. The molecule has 0 bridgehead atoms. The highest BCUT2D eigenvalue weighted by molar-refractivity contribution is 5.85. The van der Waals surface area contributed by atoms with E-state index in [1.807, 2.05) is 0 Å². The van der Waals surface area contributed by atoms with E-state index in [1.165, 1.54) is 0 Å². The number of rotatable bonds is 3. The summed E-state index contributed by atoms with van der Waals surface area (Å²) in [6.07, 6.45) is 3.70. The summed E-state index contributed by atoms with van der Waals surface area (Å²) in [6.45, 7) is 0. The van der Waals surface area contributed by atoms with Crippen LogP contribution in [0.3, 0.4) is 0 Å². The lowest BCUT2D eigenvalue weighted by Crippen LogP contribution is -2.40. The first-order chi connectivity index (χ1) is 5.74. The topological polar surface area (TPSA) is 83.8 Å². The SMILES string of the molecule is CNC(=O)C(N)Cc1cnc[nH]1.Cl. The van der Waals surface area contributed by atoms with Crippen LogP contribution in [0.25, 0.3) is 0 Å².